The summed E-state index contributed by atoms with van der Waals surface area (Å²) in [6.07, 6.45) is 6.73. The summed E-state index contributed by atoms with van der Waals surface area (Å²) in [5.41, 5.74) is 3.00. The van der Waals surface area contributed by atoms with Crippen molar-refractivity contribution in [2.24, 2.45) is 0 Å². The number of benzene rings is 2. The third-order valence-electron chi connectivity index (χ3n) is 3.76. The molecule has 0 fully saturated rings. The lowest BCUT2D eigenvalue weighted by atomic mass is 9.98. The smallest absolute Gasteiger partial charge is 0.244 e. The molecule has 124 valence electrons. The minimum Gasteiger partial charge on any atom is -0.342 e. The molecule has 0 saturated heterocycles. The molecule has 0 aliphatic carbocycles. The van der Waals surface area contributed by atoms with Crippen molar-refractivity contribution in [1.29, 1.82) is 0 Å². The van der Waals surface area contributed by atoms with Gasteiger partial charge in [-0.05, 0) is 47.0 Å². The zero-order valence-corrected chi connectivity index (χ0v) is 15.1. The van der Waals surface area contributed by atoms with E-state index in [0.29, 0.717) is 0 Å². The minimum absolute atomic E-state index is 0.145. The summed E-state index contributed by atoms with van der Waals surface area (Å²) in [6.45, 7) is 0. The number of hydrogen-bond donors (Lipinski definition) is 1. The normalized spacial score (nSPS) is 12.0. The van der Waals surface area contributed by atoms with Gasteiger partial charge in [0, 0.05) is 22.9 Å². The number of hydrogen-bond acceptors (Lipinski definition) is 2. The number of nitrogens with one attached hydrogen (secondary N) is 1. The molecule has 1 atom stereocenters. The Morgan fingerprint density at radius 1 is 0.920 bits per heavy atom. The lowest BCUT2D eigenvalue weighted by Crippen LogP contribution is -2.27. The van der Waals surface area contributed by atoms with E-state index in [9.17, 15) is 4.79 Å². The van der Waals surface area contributed by atoms with Crippen LogP contribution in [0.4, 0.5) is 0 Å². The monoisotopic (exact) mass is 392 g/mol. The first kappa shape index (κ1) is 17.1. The van der Waals surface area contributed by atoms with Gasteiger partial charge in [-0.15, -0.1) is 0 Å². The molecule has 4 heteroatoms. The zero-order valence-electron chi connectivity index (χ0n) is 13.5. The van der Waals surface area contributed by atoms with Crippen LogP contribution < -0.4 is 5.32 Å². The third kappa shape index (κ3) is 4.88. The van der Waals surface area contributed by atoms with Gasteiger partial charge in [0.2, 0.25) is 5.91 Å². The highest BCUT2D eigenvalue weighted by molar-refractivity contribution is 9.10. The molecular weight excluding hydrogens is 376 g/mol. The van der Waals surface area contributed by atoms with Gasteiger partial charge in [0.25, 0.3) is 0 Å². The van der Waals surface area contributed by atoms with Crippen LogP contribution in [0.1, 0.15) is 22.7 Å². The van der Waals surface area contributed by atoms with Crippen molar-refractivity contribution in [1.82, 2.24) is 10.3 Å². The Morgan fingerprint density at radius 2 is 1.56 bits per heavy atom. The first-order valence-electron chi connectivity index (χ1n) is 7.91. The van der Waals surface area contributed by atoms with Crippen LogP contribution in [0.2, 0.25) is 0 Å². The zero-order chi connectivity index (χ0) is 17.5. The molecule has 1 N–H and O–H groups in total. The van der Waals surface area contributed by atoms with E-state index in [0.717, 1.165) is 21.2 Å². The molecule has 0 saturated carbocycles. The summed E-state index contributed by atoms with van der Waals surface area (Å²) in [7, 11) is 0. The number of halogens is 1. The van der Waals surface area contributed by atoms with E-state index in [1.165, 1.54) is 0 Å². The molecule has 0 spiro atoms. The molecule has 1 heterocycles. The Kier molecular flexibility index (Phi) is 5.75. The lowest BCUT2D eigenvalue weighted by molar-refractivity contribution is -0.116. The second kappa shape index (κ2) is 8.40. The van der Waals surface area contributed by atoms with Gasteiger partial charge in [-0.2, -0.15) is 0 Å². The second-order valence-corrected chi connectivity index (χ2v) is 6.43. The van der Waals surface area contributed by atoms with Crippen molar-refractivity contribution in [3.8, 4) is 0 Å². The van der Waals surface area contributed by atoms with Crippen LogP contribution in [0.25, 0.3) is 6.08 Å². The Bertz CT molecular complexity index is 846. The van der Waals surface area contributed by atoms with Gasteiger partial charge in [0.1, 0.15) is 0 Å². The number of rotatable bonds is 5. The van der Waals surface area contributed by atoms with Crippen LogP contribution in [0.3, 0.4) is 0 Å². The fourth-order valence-corrected chi connectivity index (χ4v) is 2.76. The molecule has 25 heavy (non-hydrogen) atoms. The molecule has 0 aliphatic heterocycles. The van der Waals surface area contributed by atoms with Crippen LogP contribution >= 0.6 is 15.9 Å². The topological polar surface area (TPSA) is 42.0 Å². The summed E-state index contributed by atoms with van der Waals surface area (Å²) >= 11 is 3.45. The van der Waals surface area contributed by atoms with Crippen molar-refractivity contribution < 1.29 is 4.79 Å². The highest BCUT2D eigenvalue weighted by Gasteiger charge is 2.15. The van der Waals surface area contributed by atoms with Crippen molar-refractivity contribution in [2.75, 3.05) is 0 Å². The maximum Gasteiger partial charge on any atom is 0.244 e. The molecule has 1 unspecified atom stereocenters. The minimum atomic E-state index is -0.205. The van der Waals surface area contributed by atoms with Gasteiger partial charge < -0.3 is 5.32 Å². The lowest BCUT2D eigenvalue weighted by Gasteiger charge is -2.19. The summed E-state index contributed by atoms with van der Waals surface area (Å²) < 4.78 is 1.01. The number of aromatic nitrogens is 1. The van der Waals surface area contributed by atoms with Crippen LogP contribution in [0.15, 0.2) is 89.7 Å². The van der Waals surface area contributed by atoms with Crippen LogP contribution in [0.5, 0.6) is 0 Å². The summed E-state index contributed by atoms with van der Waals surface area (Å²) in [5, 5.41) is 3.08. The summed E-state index contributed by atoms with van der Waals surface area (Å²) in [6, 6.07) is 21.4. The van der Waals surface area contributed by atoms with E-state index >= 15 is 0 Å². The van der Waals surface area contributed by atoms with E-state index in [1.807, 2.05) is 66.7 Å². The van der Waals surface area contributed by atoms with Gasteiger partial charge in [-0.1, -0.05) is 58.4 Å². The number of amides is 1. The highest BCUT2D eigenvalue weighted by Crippen LogP contribution is 2.23. The predicted molar refractivity (Wildman–Crippen MR) is 104 cm³/mol. The number of pyridine rings is 1. The molecule has 0 bridgehead atoms. The van der Waals surface area contributed by atoms with Crippen molar-refractivity contribution in [3.63, 3.8) is 0 Å². The van der Waals surface area contributed by atoms with Crippen LogP contribution in [0, 0.1) is 0 Å². The van der Waals surface area contributed by atoms with E-state index in [4.69, 9.17) is 0 Å². The fraction of sp³-hybridized carbons (Fsp3) is 0.0476. The number of carbonyl (C=O) groups is 1. The Morgan fingerprint density at radius 3 is 2.24 bits per heavy atom. The standard InChI is InChI=1S/C21H17BrN2O/c22-19-9-7-18(8-10-19)21(17-4-2-1-3-5-17)24-20(25)11-6-16-12-14-23-15-13-16/h1-15,21H,(H,24,25)/b11-6+. The maximum absolute atomic E-state index is 12.4. The molecule has 3 nitrogen and oxygen atoms in total. The first-order valence-corrected chi connectivity index (χ1v) is 8.71. The fourth-order valence-electron chi connectivity index (χ4n) is 2.50. The van der Waals surface area contributed by atoms with Gasteiger partial charge in [-0.25, -0.2) is 0 Å². The van der Waals surface area contributed by atoms with Crippen LogP contribution in [-0.4, -0.2) is 10.9 Å². The number of carbonyl (C=O) groups excluding carboxylic acids is 1. The average molecular weight is 393 g/mol. The molecule has 2 aromatic carbocycles. The number of nitrogens with zero attached hydrogens (tertiary/aromatic N) is 1. The molecule has 3 rings (SSSR count). The molecule has 1 aromatic heterocycles. The summed E-state index contributed by atoms with van der Waals surface area (Å²) in [5.74, 6) is -0.145. The Hall–Kier alpha value is -2.72. The Labute approximate surface area is 155 Å². The van der Waals surface area contributed by atoms with E-state index in [1.54, 1.807) is 24.5 Å². The molecular formula is C21H17BrN2O. The molecule has 1 amide bonds. The predicted octanol–water partition coefficient (Wildman–Crippen LogP) is 4.76. The summed E-state index contributed by atoms with van der Waals surface area (Å²) in [4.78, 5) is 16.4. The molecule has 0 radical (unpaired) electrons. The van der Waals surface area contributed by atoms with E-state index in [-0.39, 0.29) is 11.9 Å². The molecule has 3 aromatic rings. The molecule has 0 aliphatic rings. The second-order valence-electron chi connectivity index (χ2n) is 5.52. The van der Waals surface area contributed by atoms with Crippen molar-refractivity contribution in [3.05, 3.63) is 106 Å². The van der Waals surface area contributed by atoms with Crippen molar-refractivity contribution in [2.45, 2.75) is 6.04 Å². The van der Waals surface area contributed by atoms with Crippen molar-refractivity contribution >= 4 is 27.9 Å². The average Bonchev–Trinajstić information content (AvgIpc) is 2.67. The SMILES string of the molecule is O=C(/C=C/c1ccncc1)NC(c1ccccc1)c1ccc(Br)cc1. The highest BCUT2D eigenvalue weighted by atomic mass is 79.9. The van der Waals surface area contributed by atoms with Gasteiger partial charge >= 0.3 is 0 Å². The van der Waals surface area contributed by atoms with Gasteiger partial charge in [-0.3, -0.25) is 9.78 Å². The van der Waals surface area contributed by atoms with E-state index in [2.05, 4.69) is 26.2 Å². The first-order chi connectivity index (χ1) is 12.2. The van der Waals surface area contributed by atoms with Crippen LogP contribution in [-0.2, 0) is 4.79 Å². The third-order valence-corrected chi connectivity index (χ3v) is 4.28. The largest absolute Gasteiger partial charge is 0.342 e. The Balaban J connectivity index is 1.81. The quantitative estimate of drug-likeness (QED) is 0.635. The van der Waals surface area contributed by atoms with Gasteiger partial charge in [0.05, 0.1) is 6.04 Å². The maximum atomic E-state index is 12.4. The van der Waals surface area contributed by atoms with E-state index < -0.39 is 0 Å². The van der Waals surface area contributed by atoms with Gasteiger partial charge in [0.15, 0.2) is 0 Å².